The van der Waals surface area contributed by atoms with Gasteiger partial charge in [-0.05, 0) is 99.0 Å². The van der Waals surface area contributed by atoms with Gasteiger partial charge in [0, 0.05) is 28.5 Å². The van der Waals surface area contributed by atoms with E-state index in [2.05, 4.69) is 145 Å². The summed E-state index contributed by atoms with van der Waals surface area (Å²) >= 11 is 0. The van der Waals surface area contributed by atoms with Crippen molar-refractivity contribution in [3.8, 4) is 28.1 Å². The molecule has 0 bridgehead atoms. The smallest absolute Gasteiger partial charge is 0.310 e. The standard InChI is InChI=1S/C37H30N3/c1-37(2)34-25-28(27-20-23-39(24-21-27)36-15-9-10-22-38-36)16-18-32(34)33-19-17-31(26-35(33)37)40(29-11-5-3-6-12-29)30-13-7-4-8-14-30/h3-26H,1-2H3/q+1. The van der Waals surface area contributed by atoms with E-state index in [9.17, 15) is 0 Å². The van der Waals surface area contributed by atoms with Gasteiger partial charge in [0.15, 0.2) is 0 Å². The van der Waals surface area contributed by atoms with E-state index in [4.69, 9.17) is 0 Å². The highest BCUT2D eigenvalue weighted by molar-refractivity contribution is 5.87. The van der Waals surface area contributed by atoms with Crippen LogP contribution >= 0.6 is 0 Å². The first-order chi connectivity index (χ1) is 19.6. The van der Waals surface area contributed by atoms with Crippen molar-refractivity contribution in [2.45, 2.75) is 19.3 Å². The van der Waals surface area contributed by atoms with Crippen molar-refractivity contribution in [3.05, 3.63) is 157 Å². The van der Waals surface area contributed by atoms with Gasteiger partial charge in [-0.3, -0.25) is 0 Å². The summed E-state index contributed by atoms with van der Waals surface area (Å²) in [4.78, 5) is 6.80. The number of para-hydroxylation sites is 2. The van der Waals surface area contributed by atoms with Crippen LogP contribution in [0.15, 0.2) is 146 Å². The molecule has 192 valence electrons. The highest BCUT2D eigenvalue weighted by atomic mass is 15.1. The van der Waals surface area contributed by atoms with Crippen molar-refractivity contribution in [1.29, 1.82) is 0 Å². The third kappa shape index (κ3) is 4.07. The molecular formula is C37H30N3+. The molecule has 1 aliphatic carbocycles. The first-order valence-electron chi connectivity index (χ1n) is 13.7. The molecule has 2 aromatic heterocycles. The second-order valence-electron chi connectivity index (χ2n) is 10.8. The molecule has 3 heteroatoms. The van der Waals surface area contributed by atoms with Crippen LogP contribution in [0.4, 0.5) is 17.1 Å². The topological polar surface area (TPSA) is 20.0 Å². The minimum Gasteiger partial charge on any atom is -0.310 e. The van der Waals surface area contributed by atoms with Gasteiger partial charge in [-0.25, -0.2) is 4.57 Å². The van der Waals surface area contributed by atoms with Crippen molar-refractivity contribution < 1.29 is 4.57 Å². The molecule has 0 fully saturated rings. The van der Waals surface area contributed by atoms with Crippen LogP contribution in [0.1, 0.15) is 25.0 Å². The molecule has 0 spiro atoms. The first kappa shape index (κ1) is 24.1. The van der Waals surface area contributed by atoms with Crippen LogP contribution in [0, 0.1) is 0 Å². The predicted molar refractivity (Wildman–Crippen MR) is 163 cm³/mol. The average Bonchev–Trinajstić information content (AvgIpc) is 3.24. The van der Waals surface area contributed by atoms with Crippen LogP contribution in [0.25, 0.3) is 28.1 Å². The zero-order chi connectivity index (χ0) is 27.1. The number of hydrogen-bond acceptors (Lipinski definition) is 2. The third-order valence-electron chi connectivity index (χ3n) is 8.02. The Bertz CT molecular complexity index is 1750. The molecule has 6 aromatic rings. The Hall–Kier alpha value is -5.02. The largest absolute Gasteiger partial charge is 0.327 e. The number of aromatic nitrogens is 2. The van der Waals surface area contributed by atoms with Crippen LogP contribution in [0.2, 0.25) is 0 Å². The van der Waals surface area contributed by atoms with E-state index in [1.807, 2.05) is 29.0 Å². The Morgan fingerprint density at radius 1 is 0.550 bits per heavy atom. The van der Waals surface area contributed by atoms with Crippen LogP contribution in [0.3, 0.4) is 0 Å². The Morgan fingerprint density at radius 2 is 1.15 bits per heavy atom. The zero-order valence-corrected chi connectivity index (χ0v) is 22.7. The maximum Gasteiger partial charge on any atom is 0.327 e. The fourth-order valence-electron chi connectivity index (χ4n) is 5.92. The van der Waals surface area contributed by atoms with Gasteiger partial charge >= 0.3 is 5.82 Å². The molecule has 2 heterocycles. The number of hydrogen-bond donors (Lipinski definition) is 0. The highest BCUT2D eigenvalue weighted by Gasteiger charge is 2.36. The van der Waals surface area contributed by atoms with E-state index in [1.165, 1.54) is 39.1 Å². The van der Waals surface area contributed by atoms with Gasteiger partial charge in [-0.15, -0.1) is 0 Å². The number of pyridine rings is 2. The number of fused-ring (bicyclic) bond motifs is 3. The van der Waals surface area contributed by atoms with E-state index in [0.29, 0.717) is 0 Å². The summed E-state index contributed by atoms with van der Waals surface area (Å²) in [5.74, 6) is 0.912. The molecule has 0 saturated heterocycles. The zero-order valence-electron chi connectivity index (χ0n) is 22.7. The summed E-state index contributed by atoms with van der Waals surface area (Å²) in [6.07, 6.45) is 5.98. The van der Waals surface area contributed by atoms with E-state index in [-0.39, 0.29) is 5.41 Å². The van der Waals surface area contributed by atoms with E-state index < -0.39 is 0 Å². The van der Waals surface area contributed by atoms with Crippen LogP contribution in [-0.2, 0) is 5.41 Å². The maximum atomic E-state index is 4.46. The van der Waals surface area contributed by atoms with Gasteiger partial charge in [0.05, 0.1) is 12.4 Å². The molecule has 0 N–H and O–H groups in total. The molecule has 1 aliphatic rings. The summed E-state index contributed by atoms with van der Waals surface area (Å²) < 4.78 is 2.05. The Kier molecular flexibility index (Phi) is 5.78. The number of benzene rings is 4. The summed E-state index contributed by atoms with van der Waals surface area (Å²) in [6, 6.07) is 45.4. The lowest BCUT2D eigenvalue weighted by Crippen LogP contribution is -2.30. The van der Waals surface area contributed by atoms with Gasteiger partial charge in [-0.2, -0.15) is 0 Å². The predicted octanol–water partition coefficient (Wildman–Crippen LogP) is 8.80. The summed E-state index contributed by atoms with van der Waals surface area (Å²) in [5, 5.41) is 0. The number of anilines is 3. The summed E-state index contributed by atoms with van der Waals surface area (Å²) in [6.45, 7) is 4.70. The number of rotatable bonds is 5. The van der Waals surface area contributed by atoms with Crippen molar-refractivity contribution in [2.24, 2.45) is 0 Å². The monoisotopic (exact) mass is 516 g/mol. The maximum absolute atomic E-state index is 4.46. The highest BCUT2D eigenvalue weighted by Crippen LogP contribution is 2.51. The second-order valence-corrected chi connectivity index (χ2v) is 10.8. The molecular weight excluding hydrogens is 486 g/mol. The van der Waals surface area contributed by atoms with Crippen molar-refractivity contribution in [2.75, 3.05) is 4.90 Å². The average molecular weight is 517 g/mol. The second kappa shape index (κ2) is 9.62. The van der Waals surface area contributed by atoms with Crippen LogP contribution in [-0.4, -0.2) is 4.98 Å². The normalized spacial score (nSPS) is 12.9. The fraction of sp³-hybridized carbons (Fsp3) is 0.0811. The Labute approximate surface area is 235 Å². The lowest BCUT2D eigenvalue weighted by Gasteiger charge is -2.28. The summed E-state index contributed by atoms with van der Waals surface area (Å²) in [7, 11) is 0. The SMILES string of the molecule is CC1(C)c2cc(-c3cc[n+](-c4ccccn4)cc3)ccc2-c2ccc(N(c3ccccc3)c3ccccc3)cc21. The molecule has 7 rings (SSSR count). The number of nitrogens with zero attached hydrogens (tertiary/aromatic N) is 3. The van der Waals surface area contributed by atoms with Crippen molar-refractivity contribution in [3.63, 3.8) is 0 Å². The lowest BCUT2D eigenvalue weighted by molar-refractivity contribution is -0.599. The van der Waals surface area contributed by atoms with Crippen LogP contribution in [0.5, 0.6) is 0 Å². The molecule has 0 amide bonds. The minimum atomic E-state index is -0.127. The lowest BCUT2D eigenvalue weighted by atomic mass is 9.81. The summed E-state index contributed by atoms with van der Waals surface area (Å²) in [5.41, 5.74) is 11.1. The first-order valence-corrected chi connectivity index (χ1v) is 13.7. The van der Waals surface area contributed by atoms with E-state index in [0.717, 1.165) is 17.2 Å². The van der Waals surface area contributed by atoms with Gasteiger partial charge < -0.3 is 4.90 Å². The van der Waals surface area contributed by atoms with Crippen LogP contribution < -0.4 is 9.47 Å². The minimum absolute atomic E-state index is 0.127. The molecule has 4 aromatic carbocycles. The van der Waals surface area contributed by atoms with Crippen molar-refractivity contribution >= 4 is 17.1 Å². The third-order valence-corrected chi connectivity index (χ3v) is 8.02. The Morgan fingerprint density at radius 3 is 1.77 bits per heavy atom. The van der Waals surface area contributed by atoms with Crippen molar-refractivity contribution in [1.82, 2.24) is 4.98 Å². The van der Waals surface area contributed by atoms with Gasteiger partial charge in [-0.1, -0.05) is 74.5 Å². The molecule has 0 unspecified atom stereocenters. The molecule has 0 aliphatic heterocycles. The molecule has 0 atom stereocenters. The Balaban J connectivity index is 1.27. The van der Waals surface area contributed by atoms with E-state index >= 15 is 0 Å². The molecule has 40 heavy (non-hydrogen) atoms. The quantitative estimate of drug-likeness (QED) is 0.213. The van der Waals surface area contributed by atoms with Gasteiger partial charge in [0.25, 0.3) is 0 Å². The molecule has 3 nitrogen and oxygen atoms in total. The molecule has 0 saturated carbocycles. The van der Waals surface area contributed by atoms with E-state index in [1.54, 1.807) is 0 Å². The van der Waals surface area contributed by atoms with Gasteiger partial charge in [0.2, 0.25) is 0 Å². The molecule has 0 radical (unpaired) electrons. The fourth-order valence-corrected chi connectivity index (χ4v) is 5.92. The van der Waals surface area contributed by atoms with Gasteiger partial charge in [0.1, 0.15) is 6.20 Å².